The lowest BCUT2D eigenvalue weighted by molar-refractivity contribution is 0.0988. The lowest BCUT2D eigenvalue weighted by atomic mass is 10.1. The Morgan fingerprint density at radius 3 is 2.25 bits per heavy atom. The zero-order valence-corrected chi connectivity index (χ0v) is 15.4. The monoisotopic (exact) mass is 376 g/mol. The number of anilines is 2. The van der Waals surface area contributed by atoms with Crippen molar-refractivity contribution in [1.82, 2.24) is 10.5 Å². The van der Waals surface area contributed by atoms with Crippen molar-refractivity contribution in [3.8, 4) is 11.3 Å². The molecule has 0 aliphatic heterocycles. The molecule has 28 heavy (non-hydrogen) atoms. The van der Waals surface area contributed by atoms with E-state index in [9.17, 15) is 9.59 Å². The highest BCUT2D eigenvalue weighted by Gasteiger charge is 2.23. The number of nitrogens with one attached hydrogen (secondary N) is 3. The Bertz CT molecular complexity index is 989. The van der Waals surface area contributed by atoms with Gasteiger partial charge in [0.1, 0.15) is 5.69 Å². The third-order valence-corrected chi connectivity index (χ3v) is 4.39. The highest BCUT2D eigenvalue weighted by Crippen LogP contribution is 2.21. The van der Waals surface area contributed by atoms with E-state index < -0.39 is 5.91 Å². The van der Waals surface area contributed by atoms with Crippen molar-refractivity contribution in [2.75, 3.05) is 10.6 Å². The molecule has 0 unspecified atom stereocenters. The molecule has 1 aliphatic carbocycles. The Balaban J connectivity index is 1.36. The second kappa shape index (κ2) is 7.56. The summed E-state index contributed by atoms with van der Waals surface area (Å²) >= 11 is 0. The number of aryl methyl sites for hydroxylation is 1. The van der Waals surface area contributed by atoms with Crippen molar-refractivity contribution in [1.29, 1.82) is 0 Å². The maximum absolute atomic E-state index is 12.4. The quantitative estimate of drug-likeness (QED) is 0.622. The Kier molecular flexibility index (Phi) is 4.80. The van der Waals surface area contributed by atoms with Gasteiger partial charge in [-0.3, -0.25) is 4.79 Å². The minimum Gasteiger partial charge on any atom is -0.350 e. The fourth-order valence-corrected chi connectivity index (χ4v) is 2.65. The number of nitrogens with zero attached hydrogens (tertiary/aromatic N) is 1. The van der Waals surface area contributed by atoms with Crippen LogP contribution in [0.25, 0.3) is 11.3 Å². The van der Waals surface area contributed by atoms with Crippen molar-refractivity contribution in [2.45, 2.75) is 25.8 Å². The van der Waals surface area contributed by atoms with Crippen LogP contribution in [0.3, 0.4) is 0 Å². The number of carbonyl (C=O) groups excluding carboxylic acids is 2. The van der Waals surface area contributed by atoms with E-state index in [-0.39, 0.29) is 11.8 Å². The molecule has 2 aromatic carbocycles. The molecule has 0 saturated heterocycles. The molecular weight excluding hydrogens is 356 g/mol. The molecule has 7 nitrogen and oxygen atoms in total. The summed E-state index contributed by atoms with van der Waals surface area (Å²) in [4.78, 5) is 24.1. The van der Waals surface area contributed by atoms with Crippen LogP contribution in [0.2, 0.25) is 0 Å². The van der Waals surface area contributed by atoms with Crippen LogP contribution in [-0.2, 0) is 0 Å². The van der Waals surface area contributed by atoms with Gasteiger partial charge in [-0.25, -0.2) is 4.79 Å². The predicted molar refractivity (Wildman–Crippen MR) is 106 cm³/mol. The normalized spacial score (nSPS) is 13.0. The van der Waals surface area contributed by atoms with Gasteiger partial charge < -0.3 is 20.5 Å². The Hall–Kier alpha value is -3.61. The fraction of sp³-hybridized carbons (Fsp3) is 0.190. The van der Waals surface area contributed by atoms with E-state index in [2.05, 4.69) is 21.1 Å². The summed E-state index contributed by atoms with van der Waals surface area (Å²) in [6.45, 7) is 2.01. The highest BCUT2D eigenvalue weighted by molar-refractivity contribution is 6.03. The number of aromatic nitrogens is 1. The number of rotatable bonds is 5. The van der Waals surface area contributed by atoms with Crippen LogP contribution in [0.5, 0.6) is 0 Å². The van der Waals surface area contributed by atoms with Crippen LogP contribution in [0.1, 0.15) is 29.0 Å². The lowest BCUT2D eigenvalue weighted by Crippen LogP contribution is -2.30. The molecule has 7 heteroatoms. The van der Waals surface area contributed by atoms with Gasteiger partial charge in [0.15, 0.2) is 0 Å². The van der Waals surface area contributed by atoms with Gasteiger partial charge in [0.2, 0.25) is 5.76 Å². The van der Waals surface area contributed by atoms with Gasteiger partial charge in [0, 0.05) is 29.0 Å². The average Bonchev–Trinajstić information content (AvgIpc) is 3.35. The minimum atomic E-state index is -0.391. The molecule has 3 aromatic rings. The summed E-state index contributed by atoms with van der Waals surface area (Å²) in [5.74, 6) is -0.264. The summed E-state index contributed by atoms with van der Waals surface area (Å²) in [6, 6.07) is 16.4. The molecule has 1 aliphatic rings. The summed E-state index contributed by atoms with van der Waals surface area (Å²) in [7, 11) is 0. The maximum atomic E-state index is 12.4. The van der Waals surface area contributed by atoms with Crippen molar-refractivity contribution in [3.05, 3.63) is 65.9 Å². The number of amides is 3. The van der Waals surface area contributed by atoms with E-state index in [0.717, 1.165) is 24.0 Å². The molecule has 3 amide bonds. The molecule has 1 heterocycles. The van der Waals surface area contributed by atoms with Gasteiger partial charge in [-0.05, 0) is 44.0 Å². The number of hydrogen-bond donors (Lipinski definition) is 3. The van der Waals surface area contributed by atoms with Crippen molar-refractivity contribution in [2.24, 2.45) is 0 Å². The van der Waals surface area contributed by atoms with Gasteiger partial charge in [0.25, 0.3) is 5.91 Å². The van der Waals surface area contributed by atoms with Gasteiger partial charge >= 0.3 is 6.03 Å². The van der Waals surface area contributed by atoms with Gasteiger partial charge in [0.05, 0.1) is 0 Å². The minimum absolute atomic E-state index is 0.126. The molecule has 1 saturated carbocycles. The van der Waals surface area contributed by atoms with Crippen molar-refractivity contribution in [3.63, 3.8) is 0 Å². The fourth-order valence-electron chi connectivity index (χ4n) is 2.65. The molecule has 3 N–H and O–H groups in total. The Morgan fingerprint density at radius 2 is 1.61 bits per heavy atom. The molecule has 0 atom stereocenters. The molecule has 1 fully saturated rings. The first-order chi connectivity index (χ1) is 13.6. The van der Waals surface area contributed by atoms with Crippen LogP contribution in [0, 0.1) is 6.92 Å². The van der Waals surface area contributed by atoms with Crippen LogP contribution < -0.4 is 16.0 Å². The van der Waals surface area contributed by atoms with E-state index in [1.54, 1.807) is 30.3 Å². The molecular formula is C21H20N4O3. The van der Waals surface area contributed by atoms with Crippen LogP contribution in [0.15, 0.2) is 59.1 Å². The molecule has 0 spiro atoms. The molecule has 1 aromatic heterocycles. The summed E-state index contributed by atoms with van der Waals surface area (Å²) in [5.41, 5.74) is 3.87. The first kappa shape index (κ1) is 17.8. The van der Waals surface area contributed by atoms with Crippen LogP contribution >= 0.6 is 0 Å². The van der Waals surface area contributed by atoms with E-state index in [1.807, 2.05) is 31.2 Å². The third-order valence-electron chi connectivity index (χ3n) is 4.39. The number of carbonyl (C=O) groups is 2. The van der Waals surface area contributed by atoms with E-state index in [1.165, 1.54) is 0 Å². The molecule has 4 rings (SSSR count). The predicted octanol–water partition coefficient (Wildman–Crippen LogP) is 4.19. The molecule has 0 radical (unpaired) electrons. The van der Waals surface area contributed by atoms with E-state index in [0.29, 0.717) is 23.1 Å². The Morgan fingerprint density at radius 1 is 0.964 bits per heavy atom. The average molecular weight is 376 g/mol. The van der Waals surface area contributed by atoms with Crippen LogP contribution in [0.4, 0.5) is 16.2 Å². The number of hydrogen-bond acceptors (Lipinski definition) is 4. The standard InChI is InChI=1S/C21H20N4O3/c1-13-2-4-14(5-3-13)18-12-19(28-25-18)20(26)22-15-6-8-16(9-7-15)23-21(27)24-17-10-11-17/h2-9,12,17H,10-11H2,1H3,(H,22,26)(H2,23,24,27). The number of urea groups is 1. The maximum Gasteiger partial charge on any atom is 0.319 e. The van der Waals surface area contributed by atoms with Gasteiger partial charge in [-0.15, -0.1) is 0 Å². The van der Waals surface area contributed by atoms with Gasteiger partial charge in [-0.2, -0.15) is 0 Å². The van der Waals surface area contributed by atoms with Gasteiger partial charge in [-0.1, -0.05) is 35.0 Å². The number of benzene rings is 2. The zero-order chi connectivity index (χ0) is 19.5. The van der Waals surface area contributed by atoms with E-state index in [4.69, 9.17) is 4.52 Å². The second-order valence-corrected chi connectivity index (χ2v) is 6.85. The second-order valence-electron chi connectivity index (χ2n) is 6.85. The lowest BCUT2D eigenvalue weighted by Gasteiger charge is -2.08. The van der Waals surface area contributed by atoms with Crippen molar-refractivity contribution < 1.29 is 14.1 Å². The summed E-state index contributed by atoms with van der Waals surface area (Å²) < 4.78 is 5.18. The first-order valence-electron chi connectivity index (χ1n) is 9.09. The van der Waals surface area contributed by atoms with E-state index >= 15 is 0 Å². The zero-order valence-electron chi connectivity index (χ0n) is 15.4. The first-order valence-corrected chi connectivity index (χ1v) is 9.09. The highest BCUT2D eigenvalue weighted by atomic mass is 16.5. The molecule has 0 bridgehead atoms. The summed E-state index contributed by atoms with van der Waals surface area (Å²) in [6.07, 6.45) is 2.07. The largest absolute Gasteiger partial charge is 0.350 e. The van der Waals surface area contributed by atoms with Crippen LogP contribution in [-0.4, -0.2) is 23.1 Å². The van der Waals surface area contributed by atoms with Crippen molar-refractivity contribution >= 4 is 23.3 Å². The Labute approximate surface area is 162 Å². The SMILES string of the molecule is Cc1ccc(-c2cc(C(=O)Nc3ccc(NC(=O)NC4CC4)cc3)on2)cc1. The topological polar surface area (TPSA) is 96.3 Å². The smallest absolute Gasteiger partial charge is 0.319 e. The third kappa shape index (κ3) is 4.37. The summed E-state index contributed by atoms with van der Waals surface area (Å²) in [5, 5.41) is 12.3. The molecule has 142 valence electrons.